The van der Waals surface area contributed by atoms with E-state index in [1.165, 1.54) is 55.6 Å². The molecule has 53 heavy (non-hydrogen) atoms. The molecule has 0 amide bonds. The predicted molar refractivity (Wildman–Crippen MR) is 222 cm³/mol. The molecule has 1 heterocycles. The molecule has 252 valence electrons. The lowest BCUT2D eigenvalue weighted by Gasteiger charge is -2.32. The zero-order valence-electron chi connectivity index (χ0n) is 29.8. The highest BCUT2D eigenvalue weighted by Crippen LogP contribution is 2.56. The number of nitrogens with zero attached hydrogens (tertiary/aromatic N) is 1. The van der Waals surface area contributed by atoms with Gasteiger partial charge in [0.15, 0.2) is 0 Å². The SMILES string of the molecule is CC1(C)c2ccccc2-c2c(N(c3ccc4oc5ccccc5c4c3)c3cccc(-c4ccccc4)c3-c3ccccc3-c3ccccc3)cccc21. The number of rotatable bonds is 6. The van der Waals surface area contributed by atoms with Gasteiger partial charge < -0.3 is 9.32 Å². The predicted octanol–water partition coefficient (Wildman–Crippen LogP) is 14.4. The van der Waals surface area contributed by atoms with Crippen molar-refractivity contribution < 1.29 is 4.42 Å². The maximum Gasteiger partial charge on any atom is 0.135 e. The Morgan fingerprint density at radius 3 is 1.72 bits per heavy atom. The van der Waals surface area contributed by atoms with Crippen LogP contribution in [-0.2, 0) is 5.41 Å². The zero-order valence-corrected chi connectivity index (χ0v) is 29.8. The maximum absolute atomic E-state index is 6.36. The van der Waals surface area contributed by atoms with E-state index in [4.69, 9.17) is 4.42 Å². The van der Waals surface area contributed by atoms with Crippen molar-refractivity contribution in [2.45, 2.75) is 19.3 Å². The maximum atomic E-state index is 6.36. The fourth-order valence-electron chi connectivity index (χ4n) is 8.62. The van der Waals surface area contributed by atoms with Crippen molar-refractivity contribution >= 4 is 39.0 Å². The van der Waals surface area contributed by atoms with Crippen molar-refractivity contribution in [3.63, 3.8) is 0 Å². The first-order valence-corrected chi connectivity index (χ1v) is 18.4. The van der Waals surface area contributed by atoms with E-state index in [1.807, 2.05) is 6.07 Å². The second-order valence-corrected chi connectivity index (χ2v) is 14.5. The van der Waals surface area contributed by atoms with Crippen LogP contribution in [0.4, 0.5) is 17.1 Å². The quantitative estimate of drug-likeness (QED) is 0.174. The van der Waals surface area contributed by atoms with E-state index in [-0.39, 0.29) is 5.41 Å². The summed E-state index contributed by atoms with van der Waals surface area (Å²) in [5.74, 6) is 0. The molecular weight excluding hydrogens is 643 g/mol. The third-order valence-electron chi connectivity index (χ3n) is 11.1. The summed E-state index contributed by atoms with van der Waals surface area (Å²) in [5, 5.41) is 2.21. The van der Waals surface area contributed by atoms with E-state index in [1.54, 1.807) is 0 Å². The molecule has 0 N–H and O–H groups in total. The number of furan rings is 1. The lowest BCUT2D eigenvalue weighted by atomic mass is 9.82. The lowest BCUT2D eigenvalue weighted by Crippen LogP contribution is -2.16. The first-order chi connectivity index (χ1) is 26.1. The molecule has 0 radical (unpaired) electrons. The molecule has 10 rings (SSSR count). The summed E-state index contributed by atoms with van der Waals surface area (Å²) < 4.78 is 6.36. The smallest absolute Gasteiger partial charge is 0.135 e. The van der Waals surface area contributed by atoms with E-state index >= 15 is 0 Å². The highest BCUT2D eigenvalue weighted by molar-refractivity contribution is 6.08. The van der Waals surface area contributed by atoms with Crippen molar-refractivity contribution in [3.8, 4) is 44.5 Å². The van der Waals surface area contributed by atoms with Crippen LogP contribution in [0.25, 0.3) is 66.4 Å². The van der Waals surface area contributed by atoms with E-state index in [9.17, 15) is 0 Å². The van der Waals surface area contributed by atoms with Crippen molar-refractivity contribution in [1.82, 2.24) is 0 Å². The fourth-order valence-corrected chi connectivity index (χ4v) is 8.62. The third-order valence-corrected chi connectivity index (χ3v) is 11.1. The first-order valence-electron chi connectivity index (χ1n) is 18.4. The number of para-hydroxylation sites is 1. The highest BCUT2D eigenvalue weighted by Gasteiger charge is 2.38. The fraction of sp³-hybridized carbons (Fsp3) is 0.0588. The van der Waals surface area contributed by atoms with Gasteiger partial charge in [-0.25, -0.2) is 0 Å². The Bertz CT molecular complexity index is 2810. The van der Waals surface area contributed by atoms with Gasteiger partial charge in [0.2, 0.25) is 0 Å². The number of hydrogen-bond acceptors (Lipinski definition) is 2. The van der Waals surface area contributed by atoms with Crippen LogP contribution in [0.15, 0.2) is 192 Å². The number of fused-ring (bicyclic) bond motifs is 6. The van der Waals surface area contributed by atoms with E-state index in [0.717, 1.165) is 39.0 Å². The molecule has 0 fully saturated rings. The van der Waals surface area contributed by atoms with Gasteiger partial charge in [0, 0.05) is 33.0 Å². The van der Waals surface area contributed by atoms with Crippen LogP contribution in [-0.4, -0.2) is 0 Å². The summed E-state index contributed by atoms with van der Waals surface area (Å²) in [5.41, 5.74) is 17.3. The summed E-state index contributed by atoms with van der Waals surface area (Å²) in [7, 11) is 0. The van der Waals surface area contributed by atoms with Crippen LogP contribution in [0.5, 0.6) is 0 Å². The average Bonchev–Trinajstić information content (AvgIpc) is 3.70. The van der Waals surface area contributed by atoms with Gasteiger partial charge in [-0.3, -0.25) is 0 Å². The lowest BCUT2D eigenvalue weighted by molar-refractivity contribution is 0.660. The Balaban J connectivity index is 1.33. The molecule has 0 aliphatic heterocycles. The van der Waals surface area contributed by atoms with Crippen LogP contribution < -0.4 is 4.90 Å². The van der Waals surface area contributed by atoms with Crippen molar-refractivity contribution in [2.75, 3.05) is 4.90 Å². The van der Waals surface area contributed by atoms with Crippen LogP contribution in [0.3, 0.4) is 0 Å². The molecule has 0 unspecified atom stereocenters. The molecule has 8 aromatic carbocycles. The van der Waals surface area contributed by atoms with E-state index in [0.29, 0.717) is 0 Å². The molecule has 0 saturated carbocycles. The van der Waals surface area contributed by atoms with E-state index < -0.39 is 0 Å². The van der Waals surface area contributed by atoms with Crippen LogP contribution in [0.2, 0.25) is 0 Å². The molecule has 1 aromatic heterocycles. The summed E-state index contributed by atoms with van der Waals surface area (Å²) in [4.78, 5) is 2.50. The van der Waals surface area contributed by atoms with Crippen molar-refractivity contribution in [1.29, 1.82) is 0 Å². The molecule has 0 saturated heterocycles. The van der Waals surface area contributed by atoms with Gasteiger partial charge in [0.25, 0.3) is 0 Å². The van der Waals surface area contributed by atoms with Crippen LogP contribution >= 0.6 is 0 Å². The van der Waals surface area contributed by atoms with Gasteiger partial charge in [0.1, 0.15) is 11.2 Å². The molecule has 1 aliphatic carbocycles. The highest BCUT2D eigenvalue weighted by atomic mass is 16.3. The van der Waals surface area contributed by atoms with Crippen molar-refractivity contribution in [2.24, 2.45) is 0 Å². The standard InChI is InChI=1S/C51H37NO/c1-51(2)43-26-13-11-24-41(43)50-44(51)27-16-29-46(50)52(36-31-32-48-42(33-36)39-22-12-14-30-47(39)53-48)45-28-15-25-38(35-19-7-4-8-20-35)49(45)40-23-10-9-21-37(40)34-17-5-3-6-18-34/h3-33H,1-2H3. The molecular formula is C51H37NO. The minimum Gasteiger partial charge on any atom is -0.456 e. The van der Waals surface area contributed by atoms with Crippen LogP contribution in [0, 0.1) is 0 Å². The summed E-state index contributed by atoms with van der Waals surface area (Å²) in [6.07, 6.45) is 0. The zero-order chi connectivity index (χ0) is 35.5. The average molecular weight is 680 g/mol. The molecule has 9 aromatic rings. The van der Waals surface area contributed by atoms with Crippen molar-refractivity contribution in [3.05, 3.63) is 199 Å². The second kappa shape index (κ2) is 12.3. The minimum absolute atomic E-state index is 0.146. The van der Waals surface area contributed by atoms with Gasteiger partial charge in [-0.1, -0.05) is 166 Å². The van der Waals surface area contributed by atoms with Crippen LogP contribution in [0.1, 0.15) is 25.0 Å². The Labute approximate surface area is 310 Å². The molecule has 0 atom stereocenters. The molecule has 1 aliphatic rings. The van der Waals surface area contributed by atoms with Gasteiger partial charge in [-0.15, -0.1) is 0 Å². The first kappa shape index (κ1) is 31.1. The van der Waals surface area contributed by atoms with Gasteiger partial charge in [0.05, 0.1) is 11.4 Å². The Morgan fingerprint density at radius 2 is 0.943 bits per heavy atom. The summed E-state index contributed by atoms with van der Waals surface area (Å²) >= 11 is 0. The van der Waals surface area contributed by atoms with E-state index in [2.05, 4.69) is 201 Å². The third kappa shape index (κ3) is 4.94. The Hall–Kier alpha value is -6.64. The molecule has 2 nitrogen and oxygen atoms in total. The monoisotopic (exact) mass is 679 g/mol. The Kier molecular flexibility index (Phi) is 7.19. The molecule has 2 heteroatoms. The topological polar surface area (TPSA) is 16.4 Å². The summed E-state index contributed by atoms with van der Waals surface area (Å²) in [6, 6.07) is 68.0. The minimum atomic E-state index is -0.146. The van der Waals surface area contributed by atoms with Gasteiger partial charge in [-0.05, 0) is 80.9 Å². The van der Waals surface area contributed by atoms with Gasteiger partial charge >= 0.3 is 0 Å². The second-order valence-electron chi connectivity index (χ2n) is 14.5. The molecule has 0 spiro atoms. The van der Waals surface area contributed by atoms with Gasteiger partial charge in [-0.2, -0.15) is 0 Å². The summed E-state index contributed by atoms with van der Waals surface area (Å²) in [6.45, 7) is 4.71. The Morgan fingerprint density at radius 1 is 0.396 bits per heavy atom. The number of hydrogen-bond donors (Lipinski definition) is 0. The number of benzene rings is 8. The molecule has 0 bridgehead atoms. The number of anilines is 3. The largest absolute Gasteiger partial charge is 0.456 e. The normalized spacial score (nSPS) is 12.9.